The van der Waals surface area contributed by atoms with Gasteiger partial charge in [-0.15, -0.1) is 0 Å². The first-order valence-electron chi connectivity index (χ1n) is 4.95. The molecule has 0 aromatic carbocycles. The van der Waals surface area contributed by atoms with E-state index in [-0.39, 0.29) is 11.8 Å². The van der Waals surface area contributed by atoms with Crippen LogP contribution in [0.25, 0.3) is 0 Å². The second-order valence-corrected chi connectivity index (χ2v) is 4.23. The highest BCUT2D eigenvalue weighted by atomic mass is 35.5. The molecule has 80 valence electrons. The van der Waals surface area contributed by atoms with Crippen LogP contribution >= 0.6 is 11.6 Å². The zero-order valence-corrected chi connectivity index (χ0v) is 9.16. The number of anilines is 1. The Labute approximate surface area is 93.1 Å². The van der Waals surface area contributed by atoms with Gasteiger partial charge in [0.15, 0.2) is 0 Å². The predicted molar refractivity (Wildman–Crippen MR) is 57.6 cm³/mol. The fraction of sp³-hybridized carbons (Fsp3) is 0.500. The highest BCUT2D eigenvalue weighted by Crippen LogP contribution is 2.36. The minimum Gasteiger partial charge on any atom is -0.310 e. The van der Waals surface area contributed by atoms with Crippen LogP contribution in [0.3, 0.4) is 0 Å². The molecular formula is C10H12ClN3O. The highest BCUT2D eigenvalue weighted by Gasteiger charge is 2.32. The van der Waals surface area contributed by atoms with Crippen molar-refractivity contribution in [2.24, 2.45) is 11.8 Å². The number of amides is 1. The van der Waals surface area contributed by atoms with Crippen molar-refractivity contribution >= 4 is 23.3 Å². The minimum absolute atomic E-state index is 0.00673. The third kappa shape index (κ3) is 2.65. The lowest BCUT2D eigenvalue weighted by Crippen LogP contribution is -2.22. The second-order valence-electron chi connectivity index (χ2n) is 3.84. The van der Waals surface area contributed by atoms with Gasteiger partial charge in [0.25, 0.3) is 0 Å². The van der Waals surface area contributed by atoms with E-state index in [4.69, 9.17) is 11.6 Å². The Bertz CT molecular complexity index is 379. The van der Waals surface area contributed by atoms with Gasteiger partial charge in [-0.05, 0) is 18.8 Å². The first-order chi connectivity index (χ1) is 7.16. The fourth-order valence-corrected chi connectivity index (χ4v) is 1.60. The molecule has 0 spiro atoms. The number of aromatic nitrogens is 2. The van der Waals surface area contributed by atoms with Crippen molar-refractivity contribution in [1.82, 2.24) is 9.97 Å². The third-order valence-electron chi connectivity index (χ3n) is 2.63. The van der Waals surface area contributed by atoms with E-state index in [1.807, 2.05) is 6.92 Å². The van der Waals surface area contributed by atoms with Crippen molar-refractivity contribution in [2.45, 2.75) is 19.8 Å². The first kappa shape index (κ1) is 10.4. The Hall–Kier alpha value is -1.16. The number of carbonyl (C=O) groups is 1. The minimum atomic E-state index is 0.00673. The Balaban J connectivity index is 1.98. The van der Waals surface area contributed by atoms with Crippen LogP contribution in [0.1, 0.15) is 19.8 Å². The molecule has 0 bridgehead atoms. The van der Waals surface area contributed by atoms with Crippen molar-refractivity contribution in [1.29, 1.82) is 0 Å². The Kier molecular flexibility index (Phi) is 2.86. The van der Waals surface area contributed by atoms with Crippen molar-refractivity contribution in [3.8, 4) is 0 Å². The Morgan fingerprint density at radius 2 is 2.33 bits per heavy atom. The van der Waals surface area contributed by atoms with E-state index in [0.29, 0.717) is 16.9 Å². The number of halogens is 1. The Morgan fingerprint density at radius 3 is 2.93 bits per heavy atom. The maximum atomic E-state index is 11.7. The normalized spacial score (nSPS) is 17.2. The van der Waals surface area contributed by atoms with E-state index >= 15 is 0 Å². The summed E-state index contributed by atoms with van der Waals surface area (Å²) in [5.74, 6) is 1.07. The van der Waals surface area contributed by atoms with Crippen molar-refractivity contribution in [2.75, 3.05) is 5.32 Å². The third-order valence-corrected chi connectivity index (χ3v) is 2.83. The Morgan fingerprint density at radius 1 is 1.60 bits per heavy atom. The zero-order valence-electron chi connectivity index (χ0n) is 8.40. The van der Waals surface area contributed by atoms with Crippen LogP contribution in [0.2, 0.25) is 5.15 Å². The van der Waals surface area contributed by atoms with Crippen LogP contribution in [0.5, 0.6) is 0 Å². The number of carbonyl (C=O) groups excluding carboxylic acids is 1. The molecule has 1 aromatic heterocycles. The molecule has 1 aromatic rings. The van der Waals surface area contributed by atoms with E-state index in [0.717, 1.165) is 12.8 Å². The summed E-state index contributed by atoms with van der Waals surface area (Å²) >= 11 is 5.68. The molecule has 1 atom stereocenters. The molecule has 5 heteroatoms. The lowest BCUT2D eigenvalue weighted by molar-refractivity contribution is -0.119. The summed E-state index contributed by atoms with van der Waals surface area (Å²) in [6.45, 7) is 1.94. The lowest BCUT2D eigenvalue weighted by atomic mass is 10.1. The number of rotatable bonds is 3. The van der Waals surface area contributed by atoms with Gasteiger partial charge in [-0.2, -0.15) is 0 Å². The van der Waals surface area contributed by atoms with Crippen LogP contribution in [-0.4, -0.2) is 15.9 Å². The average molecular weight is 226 g/mol. The molecule has 0 radical (unpaired) electrons. The van der Waals surface area contributed by atoms with Gasteiger partial charge in [-0.25, -0.2) is 9.97 Å². The fourth-order valence-electron chi connectivity index (χ4n) is 1.45. The molecule has 2 rings (SSSR count). The molecule has 1 heterocycles. The smallest absolute Gasteiger partial charge is 0.228 e. The quantitative estimate of drug-likeness (QED) is 0.802. The van der Waals surface area contributed by atoms with Crippen LogP contribution in [0.4, 0.5) is 5.82 Å². The SMILES string of the molecule is CC(C(=O)Nc1cc(Cl)ncn1)C1CC1. The van der Waals surface area contributed by atoms with Gasteiger partial charge in [0.05, 0.1) is 0 Å². The summed E-state index contributed by atoms with van der Waals surface area (Å²) in [6, 6.07) is 1.54. The van der Waals surface area contributed by atoms with E-state index in [2.05, 4.69) is 15.3 Å². The average Bonchev–Trinajstić information content (AvgIpc) is 2.99. The number of nitrogens with zero attached hydrogens (tertiary/aromatic N) is 2. The predicted octanol–water partition coefficient (Wildman–Crippen LogP) is 2.11. The largest absolute Gasteiger partial charge is 0.310 e. The monoisotopic (exact) mass is 225 g/mol. The van der Waals surface area contributed by atoms with Crippen molar-refractivity contribution < 1.29 is 4.79 Å². The van der Waals surface area contributed by atoms with Gasteiger partial charge in [-0.3, -0.25) is 4.79 Å². The molecule has 1 unspecified atom stereocenters. The molecule has 1 aliphatic carbocycles. The van der Waals surface area contributed by atoms with Gasteiger partial charge < -0.3 is 5.32 Å². The molecule has 1 aliphatic rings. The molecule has 15 heavy (non-hydrogen) atoms. The van der Waals surface area contributed by atoms with Crippen molar-refractivity contribution in [3.63, 3.8) is 0 Å². The number of hydrogen-bond acceptors (Lipinski definition) is 3. The topological polar surface area (TPSA) is 54.9 Å². The molecule has 0 aliphatic heterocycles. The van der Waals surface area contributed by atoms with E-state index in [1.54, 1.807) is 6.07 Å². The van der Waals surface area contributed by atoms with Gasteiger partial charge >= 0.3 is 0 Å². The first-order valence-corrected chi connectivity index (χ1v) is 5.33. The maximum Gasteiger partial charge on any atom is 0.228 e. The second kappa shape index (κ2) is 4.14. The summed E-state index contributed by atoms with van der Waals surface area (Å²) in [5, 5.41) is 3.06. The summed E-state index contributed by atoms with van der Waals surface area (Å²) in [4.78, 5) is 19.3. The molecule has 1 N–H and O–H groups in total. The lowest BCUT2D eigenvalue weighted by Gasteiger charge is -2.09. The molecule has 1 fully saturated rings. The van der Waals surface area contributed by atoms with Gasteiger partial charge in [-0.1, -0.05) is 18.5 Å². The van der Waals surface area contributed by atoms with E-state index in [9.17, 15) is 4.79 Å². The van der Waals surface area contributed by atoms with Crippen LogP contribution in [0, 0.1) is 11.8 Å². The molecule has 1 saturated carbocycles. The summed E-state index contributed by atoms with van der Waals surface area (Å²) in [6.07, 6.45) is 3.64. The highest BCUT2D eigenvalue weighted by molar-refractivity contribution is 6.29. The maximum absolute atomic E-state index is 11.7. The summed E-state index contributed by atoms with van der Waals surface area (Å²) in [5.41, 5.74) is 0. The number of hydrogen-bond donors (Lipinski definition) is 1. The van der Waals surface area contributed by atoms with E-state index < -0.39 is 0 Å². The summed E-state index contributed by atoms with van der Waals surface area (Å²) < 4.78 is 0. The van der Waals surface area contributed by atoms with Crippen LogP contribution < -0.4 is 5.32 Å². The van der Waals surface area contributed by atoms with Crippen molar-refractivity contribution in [3.05, 3.63) is 17.5 Å². The van der Waals surface area contributed by atoms with Gasteiger partial charge in [0.1, 0.15) is 17.3 Å². The van der Waals surface area contributed by atoms with E-state index in [1.165, 1.54) is 6.33 Å². The van der Waals surface area contributed by atoms with Crippen LogP contribution in [0.15, 0.2) is 12.4 Å². The molecular weight excluding hydrogens is 214 g/mol. The molecule has 0 saturated heterocycles. The standard InChI is InChI=1S/C10H12ClN3O/c1-6(7-2-3-7)10(15)14-9-4-8(11)12-5-13-9/h4-7H,2-3H2,1H3,(H,12,13,14,15). The molecule has 1 amide bonds. The van der Waals surface area contributed by atoms with Gasteiger partial charge in [0, 0.05) is 12.0 Å². The van der Waals surface area contributed by atoms with Gasteiger partial charge in [0.2, 0.25) is 5.91 Å². The van der Waals surface area contributed by atoms with Crippen LogP contribution in [-0.2, 0) is 4.79 Å². The summed E-state index contributed by atoms with van der Waals surface area (Å²) in [7, 11) is 0. The number of nitrogens with one attached hydrogen (secondary N) is 1. The zero-order chi connectivity index (χ0) is 10.8. The molecule has 4 nitrogen and oxygen atoms in total.